The van der Waals surface area contributed by atoms with Crippen molar-refractivity contribution < 1.29 is 4.74 Å². The first-order valence-corrected chi connectivity index (χ1v) is 6.75. The largest absolute Gasteiger partial charge is 0.492 e. The number of rotatable bonds is 8. The van der Waals surface area contributed by atoms with Crippen molar-refractivity contribution in [2.75, 3.05) is 13.2 Å². The Kier molecular flexibility index (Phi) is 6.71. The molecule has 0 aliphatic rings. The van der Waals surface area contributed by atoms with Gasteiger partial charge in [-0.15, -0.1) is 0 Å². The van der Waals surface area contributed by atoms with Crippen LogP contribution in [0.5, 0.6) is 5.75 Å². The minimum atomic E-state index is 0.459. The molecule has 0 saturated heterocycles. The first-order valence-electron chi connectivity index (χ1n) is 6.75. The van der Waals surface area contributed by atoms with E-state index in [-0.39, 0.29) is 0 Å². The van der Waals surface area contributed by atoms with Crippen molar-refractivity contribution in [3.8, 4) is 5.75 Å². The van der Waals surface area contributed by atoms with Gasteiger partial charge in [-0.25, -0.2) is 0 Å². The second-order valence-electron chi connectivity index (χ2n) is 4.37. The van der Waals surface area contributed by atoms with Crippen molar-refractivity contribution in [1.82, 2.24) is 5.32 Å². The van der Waals surface area contributed by atoms with Gasteiger partial charge >= 0.3 is 0 Å². The highest BCUT2D eigenvalue weighted by Crippen LogP contribution is 2.14. The smallest absolute Gasteiger partial charge is 0.119 e. The Morgan fingerprint density at radius 1 is 1.24 bits per heavy atom. The minimum Gasteiger partial charge on any atom is -0.492 e. The second kappa shape index (κ2) is 8.13. The molecule has 1 rings (SSSR count). The van der Waals surface area contributed by atoms with Crippen LogP contribution in [0.25, 0.3) is 0 Å². The lowest BCUT2D eigenvalue weighted by Gasteiger charge is -2.17. The molecule has 0 saturated carbocycles. The number of benzene rings is 1. The summed E-state index contributed by atoms with van der Waals surface area (Å²) < 4.78 is 5.84. The maximum atomic E-state index is 5.84. The Morgan fingerprint density at radius 3 is 2.71 bits per heavy atom. The van der Waals surface area contributed by atoms with Crippen LogP contribution in [-0.4, -0.2) is 19.2 Å². The van der Waals surface area contributed by atoms with Gasteiger partial charge in [0.1, 0.15) is 12.4 Å². The Balaban J connectivity index is 2.41. The lowest BCUT2D eigenvalue weighted by Crippen LogP contribution is -2.34. The van der Waals surface area contributed by atoms with Crippen LogP contribution in [0, 0.1) is 0 Å². The summed E-state index contributed by atoms with van der Waals surface area (Å²) in [5.74, 6) is 0.987. The molecular weight excluding hydrogens is 210 g/mol. The third-order valence-corrected chi connectivity index (χ3v) is 2.93. The molecule has 0 fully saturated rings. The summed E-state index contributed by atoms with van der Waals surface area (Å²) in [5, 5.41) is 3.49. The first-order chi connectivity index (χ1) is 8.30. The molecule has 0 heterocycles. The standard InChI is InChI=1S/C15H25NO/c1-4-10-16-14(6-3)12-17-15-9-7-8-13(5-2)11-15/h7-9,11,14,16H,4-6,10,12H2,1-3H3. The van der Waals surface area contributed by atoms with Crippen LogP contribution in [0.3, 0.4) is 0 Å². The summed E-state index contributed by atoms with van der Waals surface area (Å²) in [6.07, 6.45) is 3.33. The monoisotopic (exact) mass is 235 g/mol. The summed E-state index contributed by atoms with van der Waals surface area (Å²) in [6.45, 7) is 8.36. The van der Waals surface area contributed by atoms with Gasteiger partial charge in [-0.05, 0) is 43.5 Å². The highest BCUT2D eigenvalue weighted by molar-refractivity contribution is 5.28. The topological polar surface area (TPSA) is 21.3 Å². The number of ether oxygens (including phenoxy) is 1. The molecular formula is C15H25NO. The number of hydrogen-bond acceptors (Lipinski definition) is 2. The highest BCUT2D eigenvalue weighted by atomic mass is 16.5. The zero-order valence-electron chi connectivity index (χ0n) is 11.3. The van der Waals surface area contributed by atoms with E-state index in [2.05, 4.69) is 44.3 Å². The normalized spacial score (nSPS) is 12.4. The van der Waals surface area contributed by atoms with Gasteiger partial charge in [0.25, 0.3) is 0 Å². The average Bonchev–Trinajstić information content (AvgIpc) is 2.39. The molecule has 2 nitrogen and oxygen atoms in total. The van der Waals surface area contributed by atoms with Crippen molar-refractivity contribution in [2.24, 2.45) is 0 Å². The fraction of sp³-hybridized carbons (Fsp3) is 0.600. The van der Waals surface area contributed by atoms with Crippen molar-refractivity contribution in [3.05, 3.63) is 29.8 Å². The number of aryl methyl sites for hydroxylation is 1. The molecule has 17 heavy (non-hydrogen) atoms. The van der Waals surface area contributed by atoms with Crippen LogP contribution >= 0.6 is 0 Å². The SMILES string of the molecule is CCCNC(CC)COc1cccc(CC)c1. The molecule has 0 aromatic heterocycles. The van der Waals surface area contributed by atoms with E-state index in [4.69, 9.17) is 4.74 Å². The minimum absolute atomic E-state index is 0.459. The van der Waals surface area contributed by atoms with Crippen LogP contribution in [0.15, 0.2) is 24.3 Å². The van der Waals surface area contributed by atoms with Gasteiger partial charge in [0, 0.05) is 6.04 Å². The van der Waals surface area contributed by atoms with Gasteiger partial charge in [0.05, 0.1) is 0 Å². The molecule has 1 atom stereocenters. The average molecular weight is 235 g/mol. The molecule has 0 amide bonds. The van der Waals surface area contributed by atoms with Crippen LogP contribution < -0.4 is 10.1 Å². The predicted octanol–water partition coefficient (Wildman–Crippen LogP) is 3.41. The first kappa shape index (κ1) is 14.0. The fourth-order valence-corrected chi connectivity index (χ4v) is 1.72. The number of nitrogens with one attached hydrogen (secondary N) is 1. The zero-order chi connectivity index (χ0) is 12.5. The van der Waals surface area contributed by atoms with E-state index >= 15 is 0 Å². The van der Waals surface area contributed by atoms with Crippen molar-refractivity contribution >= 4 is 0 Å². The van der Waals surface area contributed by atoms with E-state index in [0.717, 1.165) is 31.7 Å². The van der Waals surface area contributed by atoms with Crippen LogP contribution in [0.4, 0.5) is 0 Å². The Hall–Kier alpha value is -1.02. The van der Waals surface area contributed by atoms with E-state index in [9.17, 15) is 0 Å². The molecule has 1 unspecified atom stereocenters. The molecule has 1 N–H and O–H groups in total. The summed E-state index contributed by atoms with van der Waals surface area (Å²) in [6, 6.07) is 8.83. The summed E-state index contributed by atoms with van der Waals surface area (Å²) in [7, 11) is 0. The Morgan fingerprint density at radius 2 is 2.06 bits per heavy atom. The zero-order valence-corrected chi connectivity index (χ0v) is 11.3. The predicted molar refractivity (Wildman–Crippen MR) is 73.7 cm³/mol. The fourth-order valence-electron chi connectivity index (χ4n) is 1.72. The Labute approximate surface area is 105 Å². The van der Waals surface area contributed by atoms with Crippen LogP contribution in [-0.2, 0) is 6.42 Å². The lowest BCUT2D eigenvalue weighted by atomic mass is 10.1. The Bertz CT molecular complexity index is 312. The van der Waals surface area contributed by atoms with E-state index in [0.29, 0.717) is 6.04 Å². The summed E-state index contributed by atoms with van der Waals surface area (Å²) in [4.78, 5) is 0. The van der Waals surface area contributed by atoms with E-state index in [1.54, 1.807) is 0 Å². The van der Waals surface area contributed by atoms with E-state index in [1.807, 2.05) is 6.07 Å². The highest BCUT2D eigenvalue weighted by Gasteiger charge is 2.05. The van der Waals surface area contributed by atoms with Gasteiger partial charge in [0.2, 0.25) is 0 Å². The van der Waals surface area contributed by atoms with Gasteiger partial charge in [-0.2, -0.15) is 0 Å². The van der Waals surface area contributed by atoms with Crippen molar-refractivity contribution in [1.29, 1.82) is 0 Å². The molecule has 0 spiro atoms. The van der Waals surface area contributed by atoms with Gasteiger partial charge in [0.15, 0.2) is 0 Å². The van der Waals surface area contributed by atoms with E-state index < -0.39 is 0 Å². The maximum absolute atomic E-state index is 5.84. The number of hydrogen-bond donors (Lipinski definition) is 1. The third kappa shape index (κ3) is 5.22. The lowest BCUT2D eigenvalue weighted by molar-refractivity contribution is 0.260. The molecule has 96 valence electrons. The van der Waals surface area contributed by atoms with Crippen LogP contribution in [0.2, 0.25) is 0 Å². The van der Waals surface area contributed by atoms with Crippen molar-refractivity contribution in [2.45, 2.75) is 46.1 Å². The van der Waals surface area contributed by atoms with Crippen molar-refractivity contribution in [3.63, 3.8) is 0 Å². The molecule has 1 aromatic carbocycles. The van der Waals surface area contributed by atoms with E-state index in [1.165, 1.54) is 12.0 Å². The molecule has 0 bridgehead atoms. The van der Waals surface area contributed by atoms with Gasteiger partial charge in [-0.1, -0.05) is 32.9 Å². The summed E-state index contributed by atoms with van der Waals surface area (Å²) in [5.41, 5.74) is 1.33. The molecule has 0 radical (unpaired) electrons. The third-order valence-electron chi connectivity index (χ3n) is 2.93. The maximum Gasteiger partial charge on any atom is 0.119 e. The second-order valence-corrected chi connectivity index (χ2v) is 4.37. The molecule has 1 aromatic rings. The molecule has 2 heteroatoms. The van der Waals surface area contributed by atoms with Gasteiger partial charge < -0.3 is 10.1 Å². The molecule has 0 aliphatic carbocycles. The molecule has 0 aliphatic heterocycles. The van der Waals surface area contributed by atoms with Crippen LogP contribution in [0.1, 0.15) is 39.2 Å². The quantitative estimate of drug-likeness (QED) is 0.745. The summed E-state index contributed by atoms with van der Waals surface area (Å²) >= 11 is 0. The van der Waals surface area contributed by atoms with Gasteiger partial charge in [-0.3, -0.25) is 0 Å².